The van der Waals surface area contributed by atoms with E-state index in [0.717, 1.165) is 25.0 Å². The summed E-state index contributed by atoms with van der Waals surface area (Å²) in [5, 5.41) is 3.11. The first kappa shape index (κ1) is 15.4. The number of alkyl halides is 3. The zero-order chi connectivity index (χ0) is 15.0. The van der Waals surface area contributed by atoms with Crippen molar-refractivity contribution in [1.82, 2.24) is 0 Å². The predicted octanol–water partition coefficient (Wildman–Crippen LogP) is 4.73. The van der Waals surface area contributed by atoms with Crippen molar-refractivity contribution in [3.8, 4) is 0 Å². The van der Waals surface area contributed by atoms with Gasteiger partial charge < -0.3 is 10.1 Å². The minimum absolute atomic E-state index is 0.0587. The van der Waals surface area contributed by atoms with Gasteiger partial charge in [0.1, 0.15) is 0 Å². The highest BCUT2D eigenvalue weighted by atomic mass is 35.5. The van der Waals surface area contributed by atoms with Crippen LogP contribution >= 0.6 is 11.6 Å². The lowest BCUT2D eigenvalue weighted by Crippen LogP contribution is -2.24. The normalized spacial score (nSPS) is 22.0. The smallest absolute Gasteiger partial charge is 0.381 e. The first-order chi connectivity index (χ1) is 9.17. The SMILES string of the molecule is CC1(C)CCC(CNc2ccc(C(F)(F)F)cc2Cl)O1. The number of ether oxygens (including phenoxy) is 1. The molecule has 1 unspecified atom stereocenters. The van der Waals surface area contributed by atoms with E-state index in [1.807, 2.05) is 13.8 Å². The highest BCUT2D eigenvalue weighted by Gasteiger charge is 2.32. The fraction of sp³-hybridized carbons (Fsp3) is 0.571. The minimum Gasteiger partial charge on any atom is -0.381 e. The van der Waals surface area contributed by atoms with Crippen LogP contribution in [0.1, 0.15) is 32.3 Å². The third-order valence-corrected chi connectivity index (χ3v) is 3.68. The average Bonchev–Trinajstić information content (AvgIpc) is 2.66. The summed E-state index contributed by atoms with van der Waals surface area (Å²) in [4.78, 5) is 0. The zero-order valence-corrected chi connectivity index (χ0v) is 12.1. The van der Waals surface area contributed by atoms with E-state index in [0.29, 0.717) is 12.2 Å². The van der Waals surface area contributed by atoms with Gasteiger partial charge in [-0.15, -0.1) is 0 Å². The molecule has 0 amide bonds. The molecule has 0 bridgehead atoms. The average molecular weight is 308 g/mol. The molecule has 1 aromatic rings. The summed E-state index contributed by atoms with van der Waals surface area (Å²) in [5.41, 5.74) is -0.379. The fourth-order valence-electron chi connectivity index (χ4n) is 2.28. The topological polar surface area (TPSA) is 21.3 Å². The van der Waals surface area contributed by atoms with Crippen LogP contribution in [0, 0.1) is 0 Å². The number of rotatable bonds is 3. The molecular weight excluding hydrogens is 291 g/mol. The van der Waals surface area contributed by atoms with Crippen LogP contribution in [0.3, 0.4) is 0 Å². The highest BCUT2D eigenvalue weighted by Crippen LogP contribution is 2.34. The second-order valence-corrected chi connectivity index (χ2v) is 6.02. The van der Waals surface area contributed by atoms with Crippen molar-refractivity contribution in [2.75, 3.05) is 11.9 Å². The molecule has 1 heterocycles. The van der Waals surface area contributed by atoms with Crippen molar-refractivity contribution < 1.29 is 17.9 Å². The second-order valence-electron chi connectivity index (χ2n) is 5.61. The number of nitrogens with one attached hydrogen (secondary N) is 1. The van der Waals surface area contributed by atoms with E-state index in [1.165, 1.54) is 6.07 Å². The van der Waals surface area contributed by atoms with Crippen LogP contribution in [0.15, 0.2) is 18.2 Å². The van der Waals surface area contributed by atoms with Crippen molar-refractivity contribution in [1.29, 1.82) is 0 Å². The lowest BCUT2D eigenvalue weighted by molar-refractivity contribution is -0.137. The molecule has 2 nitrogen and oxygen atoms in total. The van der Waals surface area contributed by atoms with Crippen LogP contribution < -0.4 is 5.32 Å². The number of hydrogen-bond acceptors (Lipinski definition) is 2. The van der Waals surface area contributed by atoms with Crippen molar-refractivity contribution >= 4 is 17.3 Å². The Bertz CT molecular complexity index is 488. The van der Waals surface area contributed by atoms with Gasteiger partial charge in [0.05, 0.1) is 28.0 Å². The number of halogens is 4. The van der Waals surface area contributed by atoms with E-state index in [-0.39, 0.29) is 16.7 Å². The molecule has 0 saturated carbocycles. The standard InChI is InChI=1S/C14H17ClF3NO/c1-13(2)6-5-10(20-13)8-19-12-4-3-9(7-11(12)15)14(16,17)18/h3-4,7,10,19H,5-6,8H2,1-2H3. The number of benzene rings is 1. The molecule has 1 aliphatic heterocycles. The van der Waals surface area contributed by atoms with Gasteiger partial charge in [0.2, 0.25) is 0 Å². The van der Waals surface area contributed by atoms with E-state index in [9.17, 15) is 13.2 Å². The van der Waals surface area contributed by atoms with Gasteiger partial charge in [0, 0.05) is 6.54 Å². The maximum Gasteiger partial charge on any atom is 0.416 e. The third kappa shape index (κ3) is 3.79. The van der Waals surface area contributed by atoms with Crippen molar-refractivity contribution in [3.05, 3.63) is 28.8 Å². The lowest BCUT2D eigenvalue weighted by Gasteiger charge is -2.20. The van der Waals surface area contributed by atoms with Gasteiger partial charge in [0.25, 0.3) is 0 Å². The van der Waals surface area contributed by atoms with Crippen LogP contribution in [0.5, 0.6) is 0 Å². The van der Waals surface area contributed by atoms with Crippen LogP contribution in [-0.4, -0.2) is 18.2 Å². The summed E-state index contributed by atoms with van der Waals surface area (Å²) in [6.07, 6.45) is -2.41. The largest absolute Gasteiger partial charge is 0.416 e. The molecule has 6 heteroatoms. The summed E-state index contributed by atoms with van der Waals surface area (Å²) in [6.45, 7) is 4.59. The van der Waals surface area contributed by atoms with Crippen LogP contribution in [0.2, 0.25) is 5.02 Å². The predicted molar refractivity (Wildman–Crippen MR) is 73.1 cm³/mol. The van der Waals surface area contributed by atoms with Gasteiger partial charge in [-0.2, -0.15) is 13.2 Å². The Hall–Kier alpha value is -0.940. The molecule has 0 spiro atoms. The van der Waals surface area contributed by atoms with Gasteiger partial charge in [-0.1, -0.05) is 11.6 Å². The minimum atomic E-state index is -4.37. The summed E-state index contributed by atoms with van der Waals surface area (Å²) in [7, 11) is 0. The lowest BCUT2D eigenvalue weighted by atomic mass is 10.1. The molecule has 20 heavy (non-hydrogen) atoms. The van der Waals surface area contributed by atoms with Crippen LogP contribution in [-0.2, 0) is 10.9 Å². The fourth-order valence-corrected chi connectivity index (χ4v) is 2.53. The van der Waals surface area contributed by atoms with Crippen LogP contribution in [0.4, 0.5) is 18.9 Å². The zero-order valence-electron chi connectivity index (χ0n) is 11.4. The Morgan fingerprint density at radius 1 is 1.40 bits per heavy atom. The molecule has 0 aliphatic carbocycles. The molecule has 1 atom stereocenters. The first-order valence-electron chi connectivity index (χ1n) is 6.46. The van der Waals surface area contributed by atoms with Gasteiger partial charge >= 0.3 is 6.18 Å². The van der Waals surface area contributed by atoms with E-state index in [1.54, 1.807) is 0 Å². The van der Waals surface area contributed by atoms with Crippen molar-refractivity contribution in [3.63, 3.8) is 0 Å². The summed E-state index contributed by atoms with van der Waals surface area (Å²) < 4.78 is 43.4. The number of anilines is 1. The molecule has 1 saturated heterocycles. The van der Waals surface area contributed by atoms with E-state index in [4.69, 9.17) is 16.3 Å². The monoisotopic (exact) mass is 307 g/mol. The molecule has 1 aliphatic rings. The van der Waals surface area contributed by atoms with Gasteiger partial charge in [-0.05, 0) is 44.9 Å². The molecule has 1 aromatic carbocycles. The molecule has 0 aromatic heterocycles. The first-order valence-corrected chi connectivity index (χ1v) is 6.84. The Morgan fingerprint density at radius 2 is 2.10 bits per heavy atom. The van der Waals surface area contributed by atoms with Gasteiger partial charge in [0.15, 0.2) is 0 Å². The summed E-state index contributed by atoms with van der Waals surface area (Å²) in [6, 6.07) is 3.31. The molecular formula is C14H17ClF3NO. The Morgan fingerprint density at radius 3 is 2.60 bits per heavy atom. The molecule has 112 valence electrons. The second kappa shape index (κ2) is 5.45. The number of hydrogen-bond donors (Lipinski definition) is 1. The quantitative estimate of drug-likeness (QED) is 0.871. The summed E-state index contributed by atoms with van der Waals surface area (Å²) >= 11 is 5.87. The third-order valence-electron chi connectivity index (χ3n) is 3.37. The molecule has 1 fully saturated rings. The summed E-state index contributed by atoms with van der Waals surface area (Å²) in [5.74, 6) is 0. The van der Waals surface area contributed by atoms with Crippen LogP contribution in [0.25, 0.3) is 0 Å². The van der Waals surface area contributed by atoms with Gasteiger partial charge in [-0.3, -0.25) is 0 Å². The molecule has 1 N–H and O–H groups in total. The molecule has 0 radical (unpaired) electrons. The maximum atomic E-state index is 12.5. The molecule has 2 rings (SSSR count). The van der Waals surface area contributed by atoms with Crippen molar-refractivity contribution in [2.45, 2.75) is 44.6 Å². The highest BCUT2D eigenvalue weighted by molar-refractivity contribution is 6.33. The van der Waals surface area contributed by atoms with E-state index < -0.39 is 11.7 Å². The van der Waals surface area contributed by atoms with E-state index in [2.05, 4.69) is 5.32 Å². The van der Waals surface area contributed by atoms with Crippen molar-refractivity contribution in [2.24, 2.45) is 0 Å². The Labute approximate surface area is 121 Å². The van der Waals surface area contributed by atoms with E-state index >= 15 is 0 Å². The Kier molecular flexibility index (Phi) is 4.21. The maximum absolute atomic E-state index is 12.5. The van der Waals surface area contributed by atoms with Gasteiger partial charge in [-0.25, -0.2) is 0 Å². The Balaban J connectivity index is 1.97.